The number of aliphatic hydroxyl groups is 1. The highest BCUT2D eigenvalue weighted by Crippen LogP contribution is 2.26. The van der Waals surface area contributed by atoms with E-state index in [1.807, 2.05) is 13.8 Å². The molecule has 0 saturated heterocycles. The van der Waals surface area contributed by atoms with Crippen molar-refractivity contribution in [3.05, 3.63) is 0 Å². The lowest BCUT2D eigenvalue weighted by Gasteiger charge is -2.34. The molecule has 0 aromatic rings. The van der Waals surface area contributed by atoms with E-state index in [9.17, 15) is 4.79 Å². The van der Waals surface area contributed by atoms with Crippen LogP contribution < -0.4 is 5.32 Å². The van der Waals surface area contributed by atoms with Crippen molar-refractivity contribution in [1.82, 2.24) is 10.2 Å². The van der Waals surface area contributed by atoms with Crippen LogP contribution in [0, 0.1) is 5.92 Å². The second-order valence-corrected chi connectivity index (χ2v) is 5.81. The summed E-state index contributed by atoms with van der Waals surface area (Å²) >= 11 is 0. The predicted molar refractivity (Wildman–Crippen MR) is 73.4 cm³/mol. The van der Waals surface area contributed by atoms with Gasteiger partial charge in [0.1, 0.15) is 0 Å². The molecule has 1 saturated carbocycles. The van der Waals surface area contributed by atoms with Crippen molar-refractivity contribution >= 4 is 5.91 Å². The maximum Gasteiger partial charge on any atom is 0.221 e. The zero-order valence-electron chi connectivity index (χ0n) is 12.0. The van der Waals surface area contributed by atoms with Gasteiger partial charge >= 0.3 is 0 Å². The lowest BCUT2D eigenvalue weighted by atomic mass is 9.86. The molecule has 0 aromatic heterocycles. The van der Waals surface area contributed by atoms with E-state index in [-0.39, 0.29) is 11.9 Å². The number of amides is 1. The van der Waals surface area contributed by atoms with Crippen molar-refractivity contribution in [2.24, 2.45) is 5.92 Å². The average Bonchev–Trinajstić information content (AvgIpc) is 2.35. The van der Waals surface area contributed by atoms with Crippen molar-refractivity contribution in [2.75, 3.05) is 20.2 Å². The number of carbonyl (C=O) groups is 1. The van der Waals surface area contributed by atoms with Crippen LogP contribution in [0.2, 0.25) is 0 Å². The largest absolute Gasteiger partial charge is 0.396 e. The van der Waals surface area contributed by atoms with Crippen LogP contribution in [0.5, 0.6) is 0 Å². The van der Waals surface area contributed by atoms with Crippen molar-refractivity contribution in [3.8, 4) is 0 Å². The lowest BCUT2D eigenvalue weighted by Crippen LogP contribution is -2.39. The van der Waals surface area contributed by atoms with Crippen molar-refractivity contribution in [3.63, 3.8) is 0 Å². The molecule has 1 fully saturated rings. The maximum absolute atomic E-state index is 11.6. The minimum Gasteiger partial charge on any atom is -0.396 e. The quantitative estimate of drug-likeness (QED) is 0.755. The van der Waals surface area contributed by atoms with Crippen molar-refractivity contribution in [2.45, 2.75) is 58.0 Å². The van der Waals surface area contributed by atoms with E-state index in [2.05, 4.69) is 17.3 Å². The van der Waals surface area contributed by atoms with Crippen LogP contribution in [-0.4, -0.2) is 48.2 Å². The Bertz CT molecular complexity index is 248. The molecule has 4 nitrogen and oxygen atoms in total. The minimum atomic E-state index is 0.140. The van der Waals surface area contributed by atoms with E-state index in [0.717, 1.165) is 32.2 Å². The molecule has 4 heteroatoms. The molecule has 0 heterocycles. The topological polar surface area (TPSA) is 52.6 Å². The Morgan fingerprint density at radius 2 is 1.94 bits per heavy atom. The van der Waals surface area contributed by atoms with Gasteiger partial charge in [-0.15, -0.1) is 0 Å². The highest BCUT2D eigenvalue weighted by molar-refractivity contribution is 5.76. The highest BCUT2D eigenvalue weighted by Gasteiger charge is 2.23. The van der Waals surface area contributed by atoms with Gasteiger partial charge in [-0.25, -0.2) is 0 Å². The third kappa shape index (κ3) is 5.36. The van der Waals surface area contributed by atoms with Gasteiger partial charge in [0, 0.05) is 31.7 Å². The summed E-state index contributed by atoms with van der Waals surface area (Å²) in [4.78, 5) is 13.9. The zero-order chi connectivity index (χ0) is 13.5. The van der Waals surface area contributed by atoms with Gasteiger partial charge in [0.2, 0.25) is 5.91 Å². The van der Waals surface area contributed by atoms with E-state index < -0.39 is 0 Å². The highest BCUT2D eigenvalue weighted by atomic mass is 16.3. The summed E-state index contributed by atoms with van der Waals surface area (Å²) in [5.74, 6) is 0.639. The Labute approximate surface area is 111 Å². The molecule has 0 radical (unpaired) electrons. The molecule has 2 N–H and O–H groups in total. The standard InChI is InChI=1S/C14H28N2O2/c1-11(2)15-14(18)8-9-16(3)13-6-4-12(10-17)5-7-13/h11-13,17H,4-10H2,1-3H3,(H,15,18). The molecule has 0 bridgehead atoms. The minimum absolute atomic E-state index is 0.140. The predicted octanol–water partition coefficient (Wildman–Crippen LogP) is 1.38. The molecule has 0 atom stereocenters. The summed E-state index contributed by atoms with van der Waals surface area (Å²) in [5.41, 5.74) is 0. The van der Waals surface area contributed by atoms with Gasteiger partial charge in [-0.05, 0) is 52.5 Å². The average molecular weight is 256 g/mol. The zero-order valence-corrected chi connectivity index (χ0v) is 12.0. The number of nitrogens with one attached hydrogen (secondary N) is 1. The van der Waals surface area contributed by atoms with Crippen molar-refractivity contribution < 1.29 is 9.90 Å². The summed E-state index contributed by atoms with van der Waals surface area (Å²) in [6.07, 6.45) is 5.10. The van der Waals surface area contributed by atoms with E-state index in [0.29, 0.717) is 25.0 Å². The molecule has 106 valence electrons. The van der Waals surface area contributed by atoms with Gasteiger partial charge < -0.3 is 15.3 Å². The number of rotatable bonds is 6. The van der Waals surface area contributed by atoms with Crippen LogP contribution in [0.3, 0.4) is 0 Å². The number of hydrogen-bond acceptors (Lipinski definition) is 3. The Balaban J connectivity index is 2.21. The van der Waals surface area contributed by atoms with Crippen LogP contribution in [0.25, 0.3) is 0 Å². The molecule has 18 heavy (non-hydrogen) atoms. The second-order valence-electron chi connectivity index (χ2n) is 5.81. The fourth-order valence-corrected chi connectivity index (χ4v) is 2.62. The van der Waals surface area contributed by atoms with Gasteiger partial charge in [-0.3, -0.25) is 4.79 Å². The molecule has 1 amide bonds. The third-order valence-corrected chi connectivity index (χ3v) is 3.84. The molecule has 1 rings (SSSR count). The van der Waals surface area contributed by atoms with Crippen LogP contribution in [0.15, 0.2) is 0 Å². The number of nitrogens with zero attached hydrogens (tertiary/aromatic N) is 1. The van der Waals surface area contributed by atoms with Gasteiger partial charge in [-0.1, -0.05) is 0 Å². The second kappa shape index (κ2) is 7.74. The fourth-order valence-electron chi connectivity index (χ4n) is 2.62. The number of hydrogen-bond donors (Lipinski definition) is 2. The first kappa shape index (κ1) is 15.4. The third-order valence-electron chi connectivity index (χ3n) is 3.84. The van der Waals surface area contributed by atoms with Crippen LogP contribution in [0.1, 0.15) is 46.0 Å². The molecular formula is C14H28N2O2. The molecule has 0 aromatic carbocycles. The van der Waals surface area contributed by atoms with Gasteiger partial charge in [0.15, 0.2) is 0 Å². The Kier molecular flexibility index (Phi) is 6.65. The van der Waals surface area contributed by atoms with Crippen LogP contribution >= 0.6 is 0 Å². The van der Waals surface area contributed by atoms with E-state index in [1.165, 1.54) is 0 Å². The molecular weight excluding hydrogens is 228 g/mol. The molecule has 0 spiro atoms. The summed E-state index contributed by atoms with van der Waals surface area (Å²) in [6.45, 7) is 5.12. The monoisotopic (exact) mass is 256 g/mol. The first-order chi connectivity index (χ1) is 8.52. The fraction of sp³-hybridized carbons (Fsp3) is 0.929. The Hall–Kier alpha value is -0.610. The van der Waals surface area contributed by atoms with Crippen molar-refractivity contribution in [1.29, 1.82) is 0 Å². The van der Waals surface area contributed by atoms with E-state index >= 15 is 0 Å². The lowest BCUT2D eigenvalue weighted by molar-refractivity contribution is -0.122. The van der Waals surface area contributed by atoms with E-state index in [1.54, 1.807) is 0 Å². The molecule has 1 aliphatic rings. The molecule has 1 aliphatic carbocycles. The summed E-state index contributed by atoms with van der Waals surface area (Å²) in [5, 5.41) is 12.0. The first-order valence-electron chi connectivity index (χ1n) is 7.13. The Morgan fingerprint density at radius 3 is 2.44 bits per heavy atom. The van der Waals surface area contributed by atoms with Crippen LogP contribution in [0.4, 0.5) is 0 Å². The van der Waals surface area contributed by atoms with Crippen LogP contribution in [-0.2, 0) is 4.79 Å². The summed E-state index contributed by atoms with van der Waals surface area (Å²) in [7, 11) is 2.10. The van der Waals surface area contributed by atoms with Gasteiger partial charge in [0.05, 0.1) is 0 Å². The number of aliphatic hydroxyl groups excluding tert-OH is 1. The normalized spacial score (nSPS) is 24.6. The first-order valence-corrected chi connectivity index (χ1v) is 7.13. The van der Waals surface area contributed by atoms with Gasteiger partial charge in [0.25, 0.3) is 0 Å². The van der Waals surface area contributed by atoms with E-state index in [4.69, 9.17) is 5.11 Å². The summed E-state index contributed by atoms with van der Waals surface area (Å²) in [6, 6.07) is 0.808. The molecule has 0 aliphatic heterocycles. The Morgan fingerprint density at radius 1 is 1.33 bits per heavy atom. The molecule has 0 unspecified atom stereocenters. The summed E-state index contributed by atoms with van der Waals surface area (Å²) < 4.78 is 0. The smallest absolute Gasteiger partial charge is 0.221 e. The maximum atomic E-state index is 11.6. The van der Waals surface area contributed by atoms with Gasteiger partial charge in [-0.2, -0.15) is 0 Å². The SMILES string of the molecule is CC(C)NC(=O)CCN(C)C1CCC(CO)CC1. The number of carbonyl (C=O) groups excluding carboxylic acids is 1.